The van der Waals surface area contributed by atoms with Crippen LogP contribution in [0.5, 0.6) is 0 Å². The van der Waals surface area contributed by atoms with Crippen molar-refractivity contribution in [2.75, 3.05) is 31.5 Å². The zero-order valence-corrected chi connectivity index (χ0v) is 16.1. The molecule has 0 spiro atoms. The first-order valence-corrected chi connectivity index (χ1v) is 10.2. The second-order valence-electron chi connectivity index (χ2n) is 7.63. The Bertz CT molecular complexity index is 1000. The summed E-state index contributed by atoms with van der Waals surface area (Å²) in [7, 11) is 0. The van der Waals surface area contributed by atoms with Crippen LogP contribution in [-0.4, -0.2) is 36.1 Å². The van der Waals surface area contributed by atoms with E-state index in [9.17, 15) is 0 Å². The standard InChI is InChI=1S/C23H24ClN3/c24-18-5-6-20-21(15-26-23(20)13-18)16-7-10-27(11-8-16)12-9-17-14-25-22-4-2-1-3-19(17)22/h1-7,13,15,17,25-26H,8-12,14H2/t17-/m1/s1. The van der Waals surface area contributed by atoms with E-state index in [0.29, 0.717) is 5.92 Å². The minimum absolute atomic E-state index is 0.643. The Morgan fingerprint density at radius 2 is 2.07 bits per heavy atom. The van der Waals surface area contributed by atoms with Gasteiger partial charge in [-0.2, -0.15) is 0 Å². The van der Waals surface area contributed by atoms with Crippen molar-refractivity contribution >= 4 is 33.8 Å². The Balaban J connectivity index is 1.24. The zero-order chi connectivity index (χ0) is 18.2. The van der Waals surface area contributed by atoms with Gasteiger partial charge >= 0.3 is 0 Å². The molecular formula is C23H24ClN3. The third-order valence-corrected chi connectivity index (χ3v) is 6.25. The molecule has 0 saturated carbocycles. The molecule has 27 heavy (non-hydrogen) atoms. The van der Waals surface area contributed by atoms with Gasteiger partial charge in [0.05, 0.1) is 0 Å². The molecular weight excluding hydrogens is 354 g/mol. The number of nitrogens with zero attached hydrogens (tertiary/aromatic N) is 1. The van der Waals surface area contributed by atoms with Crippen molar-refractivity contribution in [1.29, 1.82) is 0 Å². The number of fused-ring (bicyclic) bond motifs is 2. The van der Waals surface area contributed by atoms with Gasteiger partial charge in [-0.05, 0) is 48.7 Å². The third kappa shape index (κ3) is 3.26. The molecule has 4 heteroatoms. The van der Waals surface area contributed by atoms with Crippen LogP contribution in [0.2, 0.25) is 5.02 Å². The number of rotatable bonds is 4. The summed E-state index contributed by atoms with van der Waals surface area (Å²) in [4.78, 5) is 5.94. The quantitative estimate of drug-likeness (QED) is 0.628. The molecule has 138 valence electrons. The lowest BCUT2D eigenvalue weighted by molar-refractivity contribution is 0.290. The lowest BCUT2D eigenvalue weighted by Gasteiger charge is -2.27. The monoisotopic (exact) mass is 377 g/mol. The first-order valence-electron chi connectivity index (χ1n) is 9.79. The molecule has 0 radical (unpaired) electrons. The smallest absolute Gasteiger partial charge is 0.0475 e. The predicted molar refractivity (Wildman–Crippen MR) is 115 cm³/mol. The van der Waals surface area contributed by atoms with Gasteiger partial charge in [-0.3, -0.25) is 4.90 Å². The molecule has 2 aliphatic rings. The maximum atomic E-state index is 6.11. The number of anilines is 1. The van der Waals surface area contributed by atoms with Crippen molar-refractivity contribution in [2.45, 2.75) is 18.8 Å². The van der Waals surface area contributed by atoms with Crippen molar-refractivity contribution in [3.05, 3.63) is 70.9 Å². The van der Waals surface area contributed by atoms with E-state index in [0.717, 1.165) is 43.1 Å². The van der Waals surface area contributed by atoms with E-state index >= 15 is 0 Å². The minimum Gasteiger partial charge on any atom is -0.384 e. The van der Waals surface area contributed by atoms with Gasteiger partial charge in [0.1, 0.15) is 0 Å². The number of hydrogen-bond acceptors (Lipinski definition) is 2. The molecule has 0 saturated heterocycles. The number of aromatic amines is 1. The van der Waals surface area contributed by atoms with Gasteiger partial charge in [0.2, 0.25) is 0 Å². The molecule has 3 aromatic rings. The van der Waals surface area contributed by atoms with Gasteiger partial charge in [-0.15, -0.1) is 0 Å². The molecule has 0 aliphatic carbocycles. The van der Waals surface area contributed by atoms with Crippen LogP contribution in [0.4, 0.5) is 5.69 Å². The summed E-state index contributed by atoms with van der Waals surface area (Å²) in [6.45, 7) is 4.41. The molecule has 0 unspecified atom stereocenters. The average Bonchev–Trinajstić information content (AvgIpc) is 3.30. The van der Waals surface area contributed by atoms with E-state index in [1.165, 1.54) is 34.2 Å². The highest BCUT2D eigenvalue weighted by Gasteiger charge is 2.23. The van der Waals surface area contributed by atoms with Crippen molar-refractivity contribution in [2.24, 2.45) is 0 Å². The molecule has 2 N–H and O–H groups in total. The Morgan fingerprint density at radius 3 is 2.96 bits per heavy atom. The number of halogens is 1. The van der Waals surface area contributed by atoms with Crippen LogP contribution < -0.4 is 5.32 Å². The van der Waals surface area contributed by atoms with Crippen LogP contribution in [-0.2, 0) is 0 Å². The highest BCUT2D eigenvalue weighted by atomic mass is 35.5. The lowest BCUT2D eigenvalue weighted by Crippen LogP contribution is -2.30. The number of benzene rings is 2. The summed E-state index contributed by atoms with van der Waals surface area (Å²) in [6, 6.07) is 14.8. The lowest BCUT2D eigenvalue weighted by atomic mass is 9.96. The number of aromatic nitrogens is 1. The molecule has 0 amide bonds. The fourth-order valence-electron chi connectivity index (χ4n) is 4.48. The van der Waals surface area contributed by atoms with E-state index in [1.807, 2.05) is 12.1 Å². The second kappa shape index (κ2) is 7.06. The summed E-state index contributed by atoms with van der Waals surface area (Å²) in [5.41, 5.74) is 6.71. The molecule has 3 nitrogen and oxygen atoms in total. The van der Waals surface area contributed by atoms with Crippen LogP contribution in [0, 0.1) is 0 Å². The van der Waals surface area contributed by atoms with Crippen molar-refractivity contribution in [3.8, 4) is 0 Å². The number of nitrogens with one attached hydrogen (secondary N) is 2. The Labute approximate surface area is 165 Å². The SMILES string of the molecule is Clc1ccc2c(C3=CCN(CC[C@@H]4CNc5ccccc54)CC3)c[nH]c2c1. The minimum atomic E-state index is 0.643. The van der Waals surface area contributed by atoms with E-state index < -0.39 is 0 Å². The summed E-state index contributed by atoms with van der Waals surface area (Å²) >= 11 is 6.11. The van der Waals surface area contributed by atoms with Gasteiger partial charge < -0.3 is 10.3 Å². The molecule has 2 aromatic carbocycles. The van der Waals surface area contributed by atoms with Gasteiger partial charge in [-0.25, -0.2) is 0 Å². The summed E-state index contributed by atoms with van der Waals surface area (Å²) in [5, 5.41) is 5.59. The second-order valence-corrected chi connectivity index (χ2v) is 8.06. The maximum absolute atomic E-state index is 6.11. The maximum Gasteiger partial charge on any atom is 0.0475 e. The largest absolute Gasteiger partial charge is 0.384 e. The van der Waals surface area contributed by atoms with Crippen molar-refractivity contribution < 1.29 is 0 Å². The van der Waals surface area contributed by atoms with Crippen LogP contribution in [0.15, 0.2) is 54.7 Å². The highest BCUT2D eigenvalue weighted by Crippen LogP contribution is 2.34. The van der Waals surface area contributed by atoms with Crippen molar-refractivity contribution in [1.82, 2.24) is 9.88 Å². The molecule has 3 heterocycles. The highest BCUT2D eigenvalue weighted by molar-refractivity contribution is 6.31. The molecule has 5 rings (SSSR count). The predicted octanol–water partition coefficient (Wildman–Crippen LogP) is 5.51. The van der Waals surface area contributed by atoms with Crippen LogP contribution in [0.25, 0.3) is 16.5 Å². The molecule has 2 aliphatic heterocycles. The number of H-pyrrole nitrogens is 1. The fraction of sp³-hybridized carbons (Fsp3) is 0.304. The third-order valence-electron chi connectivity index (χ3n) is 6.02. The topological polar surface area (TPSA) is 31.1 Å². The van der Waals surface area contributed by atoms with Crippen LogP contribution >= 0.6 is 11.6 Å². The Kier molecular flexibility index (Phi) is 4.42. The number of hydrogen-bond donors (Lipinski definition) is 2. The van der Waals surface area contributed by atoms with E-state index in [-0.39, 0.29) is 0 Å². The summed E-state index contributed by atoms with van der Waals surface area (Å²) in [6.07, 6.45) is 6.86. The average molecular weight is 378 g/mol. The fourth-order valence-corrected chi connectivity index (χ4v) is 4.65. The number of para-hydroxylation sites is 1. The van der Waals surface area contributed by atoms with Crippen LogP contribution in [0.3, 0.4) is 0 Å². The molecule has 0 bridgehead atoms. The Morgan fingerprint density at radius 1 is 1.15 bits per heavy atom. The summed E-state index contributed by atoms with van der Waals surface area (Å²) in [5.74, 6) is 0.643. The van der Waals surface area contributed by atoms with E-state index in [1.54, 1.807) is 0 Å². The van der Waals surface area contributed by atoms with Gasteiger partial charge in [0, 0.05) is 58.9 Å². The van der Waals surface area contributed by atoms with Gasteiger partial charge in [0.25, 0.3) is 0 Å². The van der Waals surface area contributed by atoms with Crippen molar-refractivity contribution in [3.63, 3.8) is 0 Å². The van der Waals surface area contributed by atoms with E-state index in [2.05, 4.69) is 57.8 Å². The van der Waals surface area contributed by atoms with Gasteiger partial charge in [0.15, 0.2) is 0 Å². The normalized spacial score (nSPS) is 19.7. The molecule has 1 aromatic heterocycles. The molecule has 1 atom stereocenters. The first kappa shape index (κ1) is 16.9. The molecule has 0 fully saturated rings. The summed E-state index contributed by atoms with van der Waals surface area (Å²) < 4.78 is 0. The Hall–Kier alpha value is -2.23. The van der Waals surface area contributed by atoms with Crippen LogP contribution in [0.1, 0.15) is 29.9 Å². The first-order chi connectivity index (χ1) is 13.3. The van der Waals surface area contributed by atoms with Gasteiger partial charge in [-0.1, -0.05) is 41.9 Å². The zero-order valence-electron chi connectivity index (χ0n) is 15.3. The van der Waals surface area contributed by atoms with E-state index in [4.69, 9.17) is 11.6 Å².